The van der Waals surface area contributed by atoms with Crippen LogP contribution in [0, 0.1) is 6.92 Å². The molecule has 0 atom stereocenters. The predicted octanol–water partition coefficient (Wildman–Crippen LogP) is 4.55. The van der Waals surface area contributed by atoms with Crippen molar-refractivity contribution < 1.29 is 4.79 Å². The zero-order chi connectivity index (χ0) is 20.4. The lowest BCUT2D eigenvalue weighted by molar-refractivity contribution is 0.103. The van der Waals surface area contributed by atoms with Crippen LogP contribution in [0.15, 0.2) is 35.1 Å². The summed E-state index contributed by atoms with van der Waals surface area (Å²) in [4.78, 5) is 28.3. The van der Waals surface area contributed by atoms with Crippen LogP contribution in [-0.2, 0) is 0 Å². The number of hydrogen-bond donors (Lipinski definition) is 1. The number of carbonyl (C=O) groups is 1. The fourth-order valence-corrected chi connectivity index (χ4v) is 5.20. The molecule has 0 aliphatic carbocycles. The van der Waals surface area contributed by atoms with Gasteiger partial charge in [-0.25, -0.2) is 9.97 Å². The van der Waals surface area contributed by atoms with Gasteiger partial charge in [-0.05, 0) is 43.7 Å². The van der Waals surface area contributed by atoms with Crippen molar-refractivity contribution in [2.45, 2.75) is 20.3 Å². The number of rotatable bonds is 5. The fraction of sp³-hybridized carbons (Fsp3) is 0.381. The van der Waals surface area contributed by atoms with Gasteiger partial charge < -0.3 is 10.2 Å². The van der Waals surface area contributed by atoms with Crippen LogP contribution in [0.4, 0.5) is 11.5 Å². The van der Waals surface area contributed by atoms with E-state index in [4.69, 9.17) is 0 Å². The number of carbonyl (C=O) groups excluding carboxylic acids is 1. The summed E-state index contributed by atoms with van der Waals surface area (Å²) < 4.78 is 0.929. The highest BCUT2D eigenvalue weighted by atomic mass is 79.9. The van der Waals surface area contributed by atoms with Crippen LogP contribution in [-0.4, -0.2) is 53.5 Å². The van der Waals surface area contributed by atoms with Crippen molar-refractivity contribution in [3.8, 4) is 0 Å². The molecule has 1 aliphatic rings. The molecule has 0 unspecified atom stereocenters. The molecule has 1 N–H and O–H groups in total. The maximum Gasteiger partial charge on any atom is 0.266 e. The minimum absolute atomic E-state index is 0.109. The number of thiophene rings is 1. The molecular formula is C21H24BrN5OS. The van der Waals surface area contributed by atoms with Gasteiger partial charge in [0.25, 0.3) is 5.91 Å². The lowest BCUT2D eigenvalue weighted by Crippen LogP contribution is -2.46. The Morgan fingerprint density at radius 2 is 2.03 bits per heavy atom. The SMILES string of the molecule is CCCN1CCN(c2ncnc3sc(C(=O)Nc4cccc(Br)c4)c(C)c23)CC1. The molecule has 1 aliphatic heterocycles. The van der Waals surface area contributed by atoms with Crippen molar-refractivity contribution in [3.05, 3.63) is 45.5 Å². The number of fused-ring (bicyclic) bond motifs is 1. The number of anilines is 2. The van der Waals surface area contributed by atoms with Crippen LogP contribution in [0.1, 0.15) is 28.6 Å². The molecule has 6 nitrogen and oxygen atoms in total. The third-order valence-corrected chi connectivity index (χ3v) is 6.90. The Bertz CT molecular complexity index is 1030. The molecular weight excluding hydrogens is 450 g/mol. The van der Waals surface area contributed by atoms with E-state index in [9.17, 15) is 4.79 Å². The second kappa shape index (κ2) is 8.77. The fourth-order valence-electron chi connectivity index (χ4n) is 3.76. The topological polar surface area (TPSA) is 61.4 Å². The van der Waals surface area contributed by atoms with Crippen molar-refractivity contribution in [1.29, 1.82) is 0 Å². The molecule has 1 saturated heterocycles. The summed E-state index contributed by atoms with van der Waals surface area (Å²) in [7, 11) is 0. The number of piperazine rings is 1. The highest BCUT2D eigenvalue weighted by Crippen LogP contribution is 2.35. The van der Waals surface area contributed by atoms with Gasteiger partial charge in [0.1, 0.15) is 17.0 Å². The zero-order valence-electron chi connectivity index (χ0n) is 16.6. The summed E-state index contributed by atoms with van der Waals surface area (Å²) in [5, 5.41) is 3.99. The third kappa shape index (κ3) is 4.29. The van der Waals surface area contributed by atoms with Crippen molar-refractivity contribution >= 4 is 54.9 Å². The highest BCUT2D eigenvalue weighted by Gasteiger charge is 2.24. The Kier molecular flexibility index (Phi) is 6.12. The Hall–Kier alpha value is -2.03. The molecule has 0 saturated carbocycles. The minimum atomic E-state index is -0.109. The molecule has 1 aromatic carbocycles. The summed E-state index contributed by atoms with van der Waals surface area (Å²) in [5.74, 6) is 0.837. The van der Waals surface area contributed by atoms with E-state index in [-0.39, 0.29) is 5.91 Å². The van der Waals surface area contributed by atoms with E-state index in [0.29, 0.717) is 4.88 Å². The maximum absolute atomic E-state index is 12.9. The Morgan fingerprint density at radius 1 is 1.24 bits per heavy atom. The molecule has 4 rings (SSSR count). The summed E-state index contributed by atoms with van der Waals surface area (Å²) in [6, 6.07) is 7.61. The van der Waals surface area contributed by atoms with Gasteiger partial charge in [0, 0.05) is 36.3 Å². The number of nitrogens with one attached hydrogen (secondary N) is 1. The lowest BCUT2D eigenvalue weighted by atomic mass is 10.1. The van der Waals surface area contributed by atoms with Crippen molar-refractivity contribution in [2.24, 2.45) is 0 Å². The second-order valence-corrected chi connectivity index (χ2v) is 9.14. The molecule has 3 aromatic rings. The molecule has 29 heavy (non-hydrogen) atoms. The first-order valence-corrected chi connectivity index (χ1v) is 11.5. The molecule has 2 aromatic heterocycles. The van der Waals surface area contributed by atoms with Gasteiger partial charge >= 0.3 is 0 Å². The van der Waals surface area contributed by atoms with E-state index in [1.54, 1.807) is 6.33 Å². The van der Waals surface area contributed by atoms with E-state index in [0.717, 1.165) is 64.5 Å². The van der Waals surface area contributed by atoms with Crippen LogP contribution in [0.5, 0.6) is 0 Å². The molecule has 152 valence electrons. The van der Waals surface area contributed by atoms with Gasteiger partial charge in [0.15, 0.2) is 0 Å². The third-order valence-electron chi connectivity index (χ3n) is 5.21. The monoisotopic (exact) mass is 473 g/mol. The standard InChI is InChI=1S/C21H24BrN5OS/c1-3-7-26-8-10-27(11-9-26)19-17-14(2)18(29-21(17)24-13-23-19)20(28)25-16-6-4-5-15(22)12-16/h4-6,12-13H,3,7-11H2,1-2H3,(H,25,28). The number of amides is 1. The number of aromatic nitrogens is 2. The van der Waals surface area contributed by atoms with Gasteiger partial charge in [0.05, 0.1) is 10.3 Å². The maximum atomic E-state index is 12.9. The average Bonchev–Trinajstić information content (AvgIpc) is 3.06. The highest BCUT2D eigenvalue weighted by molar-refractivity contribution is 9.10. The first kappa shape index (κ1) is 20.3. The molecule has 8 heteroatoms. The van der Waals surface area contributed by atoms with Crippen LogP contribution < -0.4 is 10.2 Å². The van der Waals surface area contributed by atoms with Gasteiger partial charge in [-0.1, -0.05) is 28.9 Å². The largest absolute Gasteiger partial charge is 0.353 e. The van der Waals surface area contributed by atoms with Crippen LogP contribution in [0.2, 0.25) is 0 Å². The molecule has 1 fully saturated rings. The summed E-state index contributed by atoms with van der Waals surface area (Å²) >= 11 is 4.87. The average molecular weight is 474 g/mol. The predicted molar refractivity (Wildman–Crippen MR) is 123 cm³/mol. The van der Waals surface area contributed by atoms with Gasteiger partial charge in [-0.15, -0.1) is 11.3 Å². The van der Waals surface area contributed by atoms with Crippen LogP contribution >= 0.6 is 27.3 Å². The zero-order valence-corrected chi connectivity index (χ0v) is 19.0. The Morgan fingerprint density at radius 3 is 2.76 bits per heavy atom. The Labute approximate surface area is 183 Å². The normalized spacial score (nSPS) is 15.1. The number of hydrogen-bond acceptors (Lipinski definition) is 6. The van der Waals surface area contributed by atoms with E-state index < -0.39 is 0 Å². The molecule has 3 heterocycles. The van der Waals surface area contributed by atoms with E-state index in [2.05, 4.69) is 47.9 Å². The second-order valence-electron chi connectivity index (χ2n) is 7.23. The Balaban J connectivity index is 1.61. The number of benzene rings is 1. The summed E-state index contributed by atoms with van der Waals surface area (Å²) in [5.41, 5.74) is 1.71. The molecule has 0 bridgehead atoms. The summed E-state index contributed by atoms with van der Waals surface area (Å²) in [6.07, 6.45) is 2.79. The number of aryl methyl sites for hydroxylation is 1. The van der Waals surface area contributed by atoms with E-state index >= 15 is 0 Å². The molecule has 1 amide bonds. The van der Waals surface area contributed by atoms with Crippen molar-refractivity contribution in [1.82, 2.24) is 14.9 Å². The van der Waals surface area contributed by atoms with Gasteiger partial charge in [-0.2, -0.15) is 0 Å². The van der Waals surface area contributed by atoms with Crippen LogP contribution in [0.25, 0.3) is 10.2 Å². The van der Waals surface area contributed by atoms with E-state index in [1.165, 1.54) is 17.8 Å². The van der Waals surface area contributed by atoms with Crippen molar-refractivity contribution in [2.75, 3.05) is 42.9 Å². The molecule has 0 radical (unpaired) electrons. The minimum Gasteiger partial charge on any atom is -0.353 e. The molecule has 0 spiro atoms. The quantitative estimate of drug-likeness (QED) is 0.588. The van der Waals surface area contributed by atoms with Crippen molar-refractivity contribution in [3.63, 3.8) is 0 Å². The van der Waals surface area contributed by atoms with Gasteiger partial charge in [0.2, 0.25) is 0 Å². The first-order valence-electron chi connectivity index (χ1n) is 9.85. The summed E-state index contributed by atoms with van der Waals surface area (Å²) in [6.45, 7) is 9.33. The number of halogens is 1. The van der Waals surface area contributed by atoms with Crippen LogP contribution in [0.3, 0.4) is 0 Å². The smallest absolute Gasteiger partial charge is 0.266 e. The lowest BCUT2D eigenvalue weighted by Gasteiger charge is -2.35. The first-order chi connectivity index (χ1) is 14.1. The number of nitrogens with zero attached hydrogens (tertiary/aromatic N) is 4. The van der Waals surface area contributed by atoms with Gasteiger partial charge in [-0.3, -0.25) is 9.69 Å². The van der Waals surface area contributed by atoms with E-state index in [1.807, 2.05) is 31.2 Å².